The standard InChI is InChI=1S/C33H36N2O3/c1-3-4-13-31(36)35(33(32(37)38-2)20-9-6-10-21-33)24-25-14-16-27(17-15-25)30-22-28(18-19-29(30)23-34)26-11-7-5-8-12-26/h5,7-8,11-12,14-19,22H,3-4,6,9-10,13,20-21,24H2,1-2H3. The lowest BCUT2D eigenvalue weighted by Crippen LogP contribution is -2.58. The molecule has 0 unspecified atom stereocenters. The average Bonchev–Trinajstić information content (AvgIpc) is 2.99. The number of nitrogens with zero attached hydrogens (tertiary/aromatic N) is 2. The maximum atomic E-state index is 13.5. The zero-order valence-electron chi connectivity index (χ0n) is 22.4. The Bertz CT molecular complexity index is 1290. The molecule has 1 amide bonds. The predicted molar refractivity (Wildman–Crippen MR) is 150 cm³/mol. The predicted octanol–water partition coefficient (Wildman–Crippen LogP) is 7.29. The third-order valence-corrected chi connectivity index (χ3v) is 7.66. The smallest absolute Gasteiger partial charge is 0.331 e. The van der Waals surface area contributed by atoms with Crippen LogP contribution in [0.3, 0.4) is 0 Å². The fourth-order valence-corrected chi connectivity index (χ4v) is 5.52. The summed E-state index contributed by atoms with van der Waals surface area (Å²) in [6, 6.07) is 26.3. The van der Waals surface area contributed by atoms with E-state index < -0.39 is 5.54 Å². The maximum Gasteiger partial charge on any atom is 0.331 e. The number of ether oxygens (including phenoxy) is 1. The van der Waals surface area contributed by atoms with Crippen molar-refractivity contribution in [2.24, 2.45) is 0 Å². The Kier molecular flexibility index (Phi) is 8.97. The molecule has 0 bridgehead atoms. The Balaban J connectivity index is 1.65. The van der Waals surface area contributed by atoms with Gasteiger partial charge in [-0.1, -0.05) is 93.3 Å². The van der Waals surface area contributed by atoms with Crippen molar-refractivity contribution in [2.45, 2.75) is 70.4 Å². The van der Waals surface area contributed by atoms with Crippen molar-refractivity contribution < 1.29 is 14.3 Å². The number of rotatable bonds is 9. The third-order valence-electron chi connectivity index (χ3n) is 7.66. The van der Waals surface area contributed by atoms with E-state index in [0.717, 1.165) is 59.9 Å². The first kappa shape index (κ1) is 27.1. The van der Waals surface area contributed by atoms with Gasteiger partial charge in [0, 0.05) is 18.5 Å². The fraction of sp³-hybridized carbons (Fsp3) is 0.364. The lowest BCUT2D eigenvalue weighted by molar-refractivity contribution is -0.166. The number of benzene rings is 3. The van der Waals surface area contributed by atoms with E-state index >= 15 is 0 Å². The lowest BCUT2D eigenvalue weighted by atomic mass is 9.79. The van der Waals surface area contributed by atoms with Gasteiger partial charge in [-0.2, -0.15) is 5.26 Å². The van der Waals surface area contributed by atoms with Crippen molar-refractivity contribution in [1.29, 1.82) is 5.26 Å². The number of carbonyl (C=O) groups excluding carboxylic acids is 2. The van der Waals surface area contributed by atoms with Crippen molar-refractivity contribution >= 4 is 11.9 Å². The van der Waals surface area contributed by atoms with Gasteiger partial charge >= 0.3 is 5.97 Å². The fourth-order valence-electron chi connectivity index (χ4n) is 5.52. The molecule has 0 heterocycles. The summed E-state index contributed by atoms with van der Waals surface area (Å²) >= 11 is 0. The first-order valence-corrected chi connectivity index (χ1v) is 13.6. The van der Waals surface area contributed by atoms with E-state index in [2.05, 4.69) is 31.2 Å². The van der Waals surface area contributed by atoms with Crippen LogP contribution < -0.4 is 0 Å². The van der Waals surface area contributed by atoms with Crippen molar-refractivity contribution in [1.82, 2.24) is 4.90 Å². The van der Waals surface area contributed by atoms with E-state index in [4.69, 9.17) is 4.74 Å². The summed E-state index contributed by atoms with van der Waals surface area (Å²) in [4.78, 5) is 28.4. The minimum Gasteiger partial charge on any atom is -0.467 e. The molecule has 3 aromatic rings. The van der Waals surface area contributed by atoms with Gasteiger partial charge < -0.3 is 9.64 Å². The number of carbonyl (C=O) groups is 2. The molecule has 3 aromatic carbocycles. The van der Waals surface area contributed by atoms with Crippen molar-refractivity contribution in [3.8, 4) is 28.3 Å². The van der Waals surface area contributed by atoms with Crippen LogP contribution in [0.5, 0.6) is 0 Å². The second-order valence-electron chi connectivity index (χ2n) is 10.1. The van der Waals surface area contributed by atoms with Gasteiger partial charge in [-0.05, 0) is 53.6 Å². The Morgan fingerprint density at radius 2 is 1.61 bits per heavy atom. The Labute approximate surface area is 226 Å². The molecule has 0 N–H and O–H groups in total. The molecule has 0 aromatic heterocycles. The van der Waals surface area contributed by atoms with Crippen LogP contribution in [0, 0.1) is 11.3 Å². The largest absolute Gasteiger partial charge is 0.467 e. The number of esters is 1. The van der Waals surface area contributed by atoms with Gasteiger partial charge in [-0.3, -0.25) is 4.79 Å². The van der Waals surface area contributed by atoms with E-state index in [1.54, 1.807) is 4.90 Å². The molecule has 0 atom stereocenters. The zero-order chi connectivity index (χ0) is 27.0. The van der Waals surface area contributed by atoms with Gasteiger partial charge in [-0.25, -0.2) is 4.79 Å². The second kappa shape index (κ2) is 12.6. The summed E-state index contributed by atoms with van der Waals surface area (Å²) in [5.74, 6) is -0.305. The summed E-state index contributed by atoms with van der Waals surface area (Å²) in [7, 11) is 1.42. The van der Waals surface area contributed by atoms with Crippen LogP contribution in [0.15, 0.2) is 72.8 Å². The number of hydrogen-bond donors (Lipinski definition) is 0. The number of hydrogen-bond acceptors (Lipinski definition) is 4. The van der Waals surface area contributed by atoms with Crippen LogP contribution in [0.1, 0.15) is 69.4 Å². The van der Waals surface area contributed by atoms with E-state index in [1.165, 1.54) is 7.11 Å². The maximum absolute atomic E-state index is 13.5. The van der Waals surface area contributed by atoms with Gasteiger partial charge in [0.2, 0.25) is 5.91 Å². The normalized spacial score (nSPS) is 14.3. The summed E-state index contributed by atoms with van der Waals surface area (Å²) < 4.78 is 5.25. The topological polar surface area (TPSA) is 70.4 Å². The van der Waals surface area contributed by atoms with Crippen molar-refractivity contribution in [3.05, 3.63) is 83.9 Å². The zero-order valence-corrected chi connectivity index (χ0v) is 22.4. The molecule has 0 radical (unpaired) electrons. The highest BCUT2D eigenvalue weighted by molar-refractivity contribution is 5.88. The van der Waals surface area contributed by atoms with Crippen molar-refractivity contribution in [3.63, 3.8) is 0 Å². The summed E-state index contributed by atoms with van der Waals surface area (Å²) in [6.45, 7) is 2.42. The molecule has 0 spiro atoms. The van der Waals surface area contributed by atoms with Gasteiger partial charge in [-0.15, -0.1) is 0 Å². The quantitative estimate of drug-likeness (QED) is 0.285. The van der Waals surface area contributed by atoms with E-state index in [-0.39, 0.29) is 11.9 Å². The van der Waals surface area contributed by atoms with Crippen LogP contribution in [0.4, 0.5) is 0 Å². The monoisotopic (exact) mass is 508 g/mol. The van der Waals surface area contributed by atoms with Gasteiger partial charge in [0.05, 0.1) is 18.7 Å². The van der Waals surface area contributed by atoms with E-state index in [9.17, 15) is 14.9 Å². The molecule has 1 fully saturated rings. The minimum absolute atomic E-state index is 0.00514. The molecule has 196 valence electrons. The average molecular weight is 509 g/mol. The van der Waals surface area contributed by atoms with Gasteiger partial charge in [0.15, 0.2) is 0 Å². The Morgan fingerprint density at radius 3 is 2.24 bits per heavy atom. The molecule has 5 heteroatoms. The number of nitriles is 1. The summed E-state index contributed by atoms with van der Waals surface area (Å²) in [5.41, 5.74) is 4.60. The summed E-state index contributed by atoms with van der Waals surface area (Å²) in [6.07, 6.45) is 6.27. The minimum atomic E-state index is -0.908. The van der Waals surface area contributed by atoms with Gasteiger partial charge in [0.1, 0.15) is 5.54 Å². The first-order chi connectivity index (χ1) is 18.5. The molecule has 38 heavy (non-hydrogen) atoms. The summed E-state index contributed by atoms with van der Waals surface area (Å²) in [5, 5.41) is 9.76. The molecule has 4 rings (SSSR count). The molecule has 1 aliphatic carbocycles. The van der Waals surface area contributed by atoms with Crippen molar-refractivity contribution in [2.75, 3.05) is 7.11 Å². The molecule has 1 aliphatic rings. The highest BCUT2D eigenvalue weighted by Gasteiger charge is 2.47. The second-order valence-corrected chi connectivity index (χ2v) is 10.1. The number of methoxy groups -OCH3 is 1. The molecule has 5 nitrogen and oxygen atoms in total. The lowest BCUT2D eigenvalue weighted by Gasteiger charge is -2.44. The van der Waals surface area contributed by atoms with Crippen LogP contribution >= 0.6 is 0 Å². The Hall–Kier alpha value is -3.91. The van der Waals surface area contributed by atoms with E-state index in [1.807, 2.05) is 54.6 Å². The van der Waals surface area contributed by atoms with E-state index in [0.29, 0.717) is 31.4 Å². The molecule has 0 aliphatic heterocycles. The van der Waals surface area contributed by atoms with Crippen LogP contribution in [0.25, 0.3) is 22.3 Å². The number of amides is 1. The van der Waals surface area contributed by atoms with Crippen LogP contribution in [-0.2, 0) is 20.9 Å². The third kappa shape index (κ3) is 5.81. The number of unbranched alkanes of at least 4 members (excludes halogenated alkanes) is 1. The highest BCUT2D eigenvalue weighted by atomic mass is 16.5. The molecular weight excluding hydrogens is 472 g/mol. The van der Waals surface area contributed by atoms with Gasteiger partial charge in [0.25, 0.3) is 0 Å². The SMILES string of the molecule is CCCCC(=O)N(Cc1ccc(-c2cc(-c3ccccc3)ccc2C#N)cc1)C1(C(=O)OC)CCCCC1. The van der Waals surface area contributed by atoms with Crippen LogP contribution in [0.2, 0.25) is 0 Å². The Morgan fingerprint density at radius 1 is 0.921 bits per heavy atom. The molecule has 0 saturated heterocycles. The molecular formula is C33H36N2O3. The highest BCUT2D eigenvalue weighted by Crippen LogP contribution is 2.37. The molecule has 1 saturated carbocycles. The van der Waals surface area contributed by atoms with Crippen LogP contribution in [-0.4, -0.2) is 29.4 Å². The first-order valence-electron chi connectivity index (χ1n) is 13.6.